The summed E-state index contributed by atoms with van der Waals surface area (Å²) in [6.45, 7) is 5.16. The molecular formula is C8H20ClN3O2S. The molecule has 1 aliphatic heterocycles. The van der Waals surface area contributed by atoms with Crippen LogP contribution in [0.15, 0.2) is 0 Å². The highest BCUT2D eigenvalue weighted by Crippen LogP contribution is 2.08. The van der Waals surface area contributed by atoms with Gasteiger partial charge in [-0.15, -0.1) is 12.4 Å². The topological polar surface area (TPSA) is 70.2 Å². The predicted molar refractivity (Wildman–Crippen MR) is 63.5 cm³/mol. The second-order valence-electron chi connectivity index (χ2n) is 3.61. The molecule has 1 aliphatic rings. The molecule has 1 heterocycles. The fraction of sp³-hybridized carbons (Fsp3) is 1.00. The van der Waals surface area contributed by atoms with Gasteiger partial charge in [0.2, 0.25) is 0 Å². The van der Waals surface area contributed by atoms with Gasteiger partial charge in [0.25, 0.3) is 10.2 Å². The van der Waals surface area contributed by atoms with Crippen molar-refractivity contribution in [2.24, 2.45) is 0 Å². The number of hydrogen-bond acceptors (Lipinski definition) is 3. The third kappa shape index (κ3) is 5.12. The zero-order valence-corrected chi connectivity index (χ0v) is 10.7. The molecule has 0 aliphatic carbocycles. The number of piperidine rings is 1. The Balaban J connectivity index is 0.00000196. The van der Waals surface area contributed by atoms with E-state index in [-0.39, 0.29) is 24.5 Å². The Labute approximate surface area is 98.0 Å². The first-order valence-corrected chi connectivity index (χ1v) is 6.54. The van der Waals surface area contributed by atoms with Crippen LogP contribution in [0.3, 0.4) is 0 Å². The molecule has 92 valence electrons. The van der Waals surface area contributed by atoms with E-state index < -0.39 is 10.2 Å². The second-order valence-corrected chi connectivity index (χ2v) is 5.14. The van der Waals surface area contributed by atoms with Crippen molar-refractivity contribution >= 4 is 22.6 Å². The van der Waals surface area contributed by atoms with Crippen LogP contribution in [-0.4, -0.2) is 33.6 Å². The largest absolute Gasteiger partial charge is 0.313 e. The zero-order valence-electron chi connectivity index (χ0n) is 9.12. The molecule has 0 aromatic carbocycles. The van der Waals surface area contributed by atoms with Crippen LogP contribution in [-0.2, 0) is 10.2 Å². The van der Waals surface area contributed by atoms with Crippen LogP contribution in [0, 0.1) is 0 Å². The first kappa shape index (κ1) is 15.1. The van der Waals surface area contributed by atoms with Crippen molar-refractivity contribution in [2.75, 3.05) is 13.1 Å². The molecule has 0 aromatic rings. The van der Waals surface area contributed by atoms with Crippen molar-refractivity contribution in [1.29, 1.82) is 0 Å². The third-order valence-corrected chi connectivity index (χ3v) is 3.68. The van der Waals surface area contributed by atoms with Crippen molar-refractivity contribution in [3.8, 4) is 0 Å². The van der Waals surface area contributed by atoms with Crippen molar-refractivity contribution in [1.82, 2.24) is 14.8 Å². The van der Waals surface area contributed by atoms with E-state index in [9.17, 15) is 8.42 Å². The number of rotatable bonds is 4. The van der Waals surface area contributed by atoms with Gasteiger partial charge in [-0.1, -0.05) is 6.92 Å². The van der Waals surface area contributed by atoms with E-state index in [4.69, 9.17) is 0 Å². The van der Waals surface area contributed by atoms with Crippen molar-refractivity contribution in [2.45, 2.75) is 38.8 Å². The summed E-state index contributed by atoms with van der Waals surface area (Å²) in [5.74, 6) is 0. The van der Waals surface area contributed by atoms with Gasteiger partial charge in [0.05, 0.1) is 0 Å². The smallest absolute Gasteiger partial charge is 0.277 e. The molecule has 2 unspecified atom stereocenters. The molecule has 15 heavy (non-hydrogen) atoms. The summed E-state index contributed by atoms with van der Waals surface area (Å²) < 4.78 is 27.9. The van der Waals surface area contributed by atoms with E-state index in [0.717, 1.165) is 19.4 Å². The molecule has 1 saturated heterocycles. The van der Waals surface area contributed by atoms with Crippen LogP contribution in [0.2, 0.25) is 0 Å². The van der Waals surface area contributed by atoms with E-state index in [0.29, 0.717) is 6.54 Å². The summed E-state index contributed by atoms with van der Waals surface area (Å²) in [5, 5.41) is 3.24. The molecule has 3 N–H and O–H groups in total. The van der Waals surface area contributed by atoms with Crippen molar-refractivity contribution in [3.63, 3.8) is 0 Å². The van der Waals surface area contributed by atoms with Gasteiger partial charge in [0, 0.05) is 18.6 Å². The molecule has 0 amide bonds. The van der Waals surface area contributed by atoms with Crippen LogP contribution in [0.5, 0.6) is 0 Å². The first-order valence-electron chi connectivity index (χ1n) is 5.05. The number of halogens is 1. The lowest BCUT2D eigenvalue weighted by Crippen LogP contribution is -2.54. The average Bonchev–Trinajstić information content (AvgIpc) is 2.08. The van der Waals surface area contributed by atoms with Gasteiger partial charge in [0.15, 0.2) is 0 Å². The third-order valence-electron chi connectivity index (χ3n) is 2.40. The second kappa shape index (κ2) is 6.65. The molecule has 0 aromatic heterocycles. The first-order chi connectivity index (χ1) is 6.55. The number of hydrogen-bond donors (Lipinski definition) is 3. The Morgan fingerprint density at radius 3 is 2.67 bits per heavy atom. The van der Waals surface area contributed by atoms with Gasteiger partial charge in [-0.2, -0.15) is 13.1 Å². The van der Waals surface area contributed by atoms with Crippen LogP contribution in [0.25, 0.3) is 0 Å². The maximum atomic E-state index is 11.4. The minimum atomic E-state index is -3.30. The maximum absolute atomic E-state index is 11.4. The predicted octanol–water partition coefficient (Wildman–Crippen LogP) is -0.00740. The van der Waals surface area contributed by atoms with Crippen molar-refractivity contribution in [3.05, 3.63) is 0 Å². The van der Waals surface area contributed by atoms with Crippen LogP contribution < -0.4 is 14.8 Å². The quantitative estimate of drug-likeness (QED) is 0.664. The molecule has 1 fully saturated rings. The lowest BCUT2D eigenvalue weighted by Gasteiger charge is -2.30. The highest BCUT2D eigenvalue weighted by molar-refractivity contribution is 7.87. The van der Waals surface area contributed by atoms with Gasteiger partial charge < -0.3 is 5.32 Å². The minimum Gasteiger partial charge on any atom is -0.313 e. The zero-order chi connectivity index (χ0) is 10.6. The molecule has 1 rings (SSSR count). The molecule has 0 spiro atoms. The van der Waals surface area contributed by atoms with Crippen LogP contribution >= 0.6 is 12.4 Å². The van der Waals surface area contributed by atoms with Gasteiger partial charge in [0.1, 0.15) is 0 Å². The summed E-state index contributed by atoms with van der Waals surface area (Å²) in [4.78, 5) is 0. The molecule has 2 atom stereocenters. The van der Waals surface area contributed by atoms with E-state index in [1.807, 2.05) is 6.92 Å². The lowest BCUT2D eigenvalue weighted by molar-refractivity contribution is 0.347. The summed E-state index contributed by atoms with van der Waals surface area (Å²) in [5.41, 5.74) is 0. The SMILES string of the molecule is CCNS(=O)(=O)NC1CCCNC1C.Cl. The maximum Gasteiger partial charge on any atom is 0.277 e. The molecule has 0 bridgehead atoms. The summed E-state index contributed by atoms with van der Waals surface area (Å²) in [7, 11) is -3.30. The van der Waals surface area contributed by atoms with E-state index in [2.05, 4.69) is 14.8 Å². The Morgan fingerprint density at radius 1 is 1.47 bits per heavy atom. The van der Waals surface area contributed by atoms with Crippen molar-refractivity contribution < 1.29 is 8.42 Å². The van der Waals surface area contributed by atoms with E-state index in [1.54, 1.807) is 6.92 Å². The summed E-state index contributed by atoms with van der Waals surface area (Å²) >= 11 is 0. The highest BCUT2D eigenvalue weighted by Gasteiger charge is 2.24. The fourth-order valence-corrected chi connectivity index (χ4v) is 2.82. The Kier molecular flexibility index (Phi) is 6.70. The molecular weight excluding hydrogens is 238 g/mol. The number of nitrogens with one attached hydrogen (secondary N) is 3. The van der Waals surface area contributed by atoms with Gasteiger partial charge >= 0.3 is 0 Å². The Hall–Kier alpha value is 0.120. The summed E-state index contributed by atoms with van der Waals surface area (Å²) in [6.07, 6.45) is 1.92. The molecule has 5 nitrogen and oxygen atoms in total. The molecule has 0 saturated carbocycles. The fourth-order valence-electron chi connectivity index (χ4n) is 1.64. The monoisotopic (exact) mass is 257 g/mol. The summed E-state index contributed by atoms with van der Waals surface area (Å²) in [6, 6.07) is 0.213. The normalized spacial score (nSPS) is 27.1. The Bertz CT molecular complexity index is 271. The van der Waals surface area contributed by atoms with E-state index >= 15 is 0 Å². The van der Waals surface area contributed by atoms with Gasteiger partial charge in [-0.05, 0) is 26.3 Å². The van der Waals surface area contributed by atoms with E-state index in [1.165, 1.54) is 0 Å². The van der Waals surface area contributed by atoms with Gasteiger partial charge in [-0.25, -0.2) is 4.72 Å². The standard InChI is InChI=1S/C8H19N3O2S.ClH/c1-3-10-14(12,13)11-8-5-4-6-9-7(8)2;/h7-11H,3-6H2,1-2H3;1H. The minimum absolute atomic E-state index is 0. The highest BCUT2D eigenvalue weighted by atomic mass is 35.5. The van der Waals surface area contributed by atoms with Gasteiger partial charge in [-0.3, -0.25) is 0 Å². The molecule has 7 heteroatoms. The van der Waals surface area contributed by atoms with Crippen LogP contribution in [0.1, 0.15) is 26.7 Å². The Morgan fingerprint density at radius 2 is 2.13 bits per heavy atom. The molecule has 0 radical (unpaired) electrons. The lowest BCUT2D eigenvalue weighted by atomic mass is 10.0. The van der Waals surface area contributed by atoms with Crippen LogP contribution in [0.4, 0.5) is 0 Å². The average molecular weight is 258 g/mol.